The van der Waals surface area contributed by atoms with Crippen molar-refractivity contribution in [3.05, 3.63) is 75.4 Å². The fourth-order valence-electron chi connectivity index (χ4n) is 3.72. The van der Waals surface area contributed by atoms with Crippen molar-refractivity contribution >= 4 is 5.82 Å². The van der Waals surface area contributed by atoms with E-state index >= 15 is 0 Å². The lowest BCUT2D eigenvalue weighted by Crippen LogP contribution is -2.16. The molecule has 180 valence electrons. The number of oxazole rings is 1. The Labute approximate surface area is 206 Å². The lowest BCUT2D eigenvalue weighted by molar-refractivity contribution is 0.300. The molecule has 0 saturated heterocycles. The Morgan fingerprint density at radius 1 is 1.03 bits per heavy atom. The molecule has 0 saturated carbocycles. The van der Waals surface area contributed by atoms with Crippen molar-refractivity contribution in [1.82, 2.24) is 9.97 Å². The van der Waals surface area contributed by atoms with E-state index in [-0.39, 0.29) is 29.1 Å². The summed E-state index contributed by atoms with van der Waals surface area (Å²) in [5, 5.41) is 19.2. The number of anilines is 1. The molecule has 2 aromatic heterocycles. The van der Waals surface area contributed by atoms with E-state index in [9.17, 15) is 15.3 Å². The Morgan fingerprint density at radius 2 is 1.78 bits per heavy atom. The Kier molecular flexibility index (Phi) is 6.61. The third kappa shape index (κ3) is 4.31. The summed E-state index contributed by atoms with van der Waals surface area (Å²) in [6, 6.07) is 15.9. The van der Waals surface area contributed by atoms with Crippen LogP contribution in [0.4, 0.5) is 5.82 Å². The van der Waals surface area contributed by atoms with Crippen molar-refractivity contribution in [2.45, 2.75) is 13.5 Å². The molecule has 0 amide bonds. The standard InChI is InChI=1S/C26H21N5O5/c1-14-20(30-26(36-14)17-10-15(33-2)8-9-21(17)34-3)13-35-22-7-5-4-6-16(22)23-18(11-27)24(29)31-25(32)19(23)12-28/h4-10H,13H2,1-3H3,(H3,29,31,32). The molecule has 0 radical (unpaired) electrons. The maximum absolute atomic E-state index is 12.4. The van der Waals surface area contributed by atoms with Gasteiger partial charge in [-0.15, -0.1) is 0 Å². The molecule has 0 atom stereocenters. The fraction of sp³-hybridized carbons (Fsp3) is 0.154. The minimum absolute atomic E-state index is 0.0150. The second-order valence-corrected chi connectivity index (χ2v) is 7.59. The highest BCUT2D eigenvalue weighted by Crippen LogP contribution is 2.37. The Balaban J connectivity index is 1.72. The number of hydrogen-bond acceptors (Lipinski definition) is 9. The molecule has 3 N–H and O–H groups in total. The van der Waals surface area contributed by atoms with Crippen LogP contribution in [0, 0.1) is 29.6 Å². The molecule has 4 rings (SSSR count). The highest BCUT2D eigenvalue weighted by molar-refractivity contribution is 5.83. The minimum atomic E-state index is -0.692. The Morgan fingerprint density at radius 3 is 2.47 bits per heavy atom. The highest BCUT2D eigenvalue weighted by atomic mass is 16.5. The van der Waals surface area contributed by atoms with Crippen LogP contribution in [0.2, 0.25) is 0 Å². The molecule has 2 aromatic carbocycles. The van der Waals surface area contributed by atoms with Crippen LogP contribution in [0.1, 0.15) is 22.6 Å². The van der Waals surface area contributed by atoms with Gasteiger partial charge in [-0.05, 0) is 31.2 Å². The quantitative estimate of drug-likeness (QED) is 0.397. The van der Waals surface area contributed by atoms with Gasteiger partial charge in [0, 0.05) is 11.1 Å². The third-order valence-electron chi connectivity index (χ3n) is 5.52. The van der Waals surface area contributed by atoms with Crippen molar-refractivity contribution in [3.8, 4) is 52.0 Å². The van der Waals surface area contributed by atoms with Crippen molar-refractivity contribution in [1.29, 1.82) is 10.5 Å². The van der Waals surface area contributed by atoms with Gasteiger partial charge in [0.25, 0.3) is 5.56 Å². The normalized spacial score (nSPS) is 10.4. The largest absolute Gasteiger partial charge is 0.497 e. The van der Waals surface area contributed by atoms with E-state index in [0.717, 1.165) is 0 Å². The number of benzene rings is 2. The Hall–Kier alpha value is -5.22. The number of aryl methyl sites for hydroxylation is 1. The second kappa shape index (κ2) is 9.95. The number of aromatic nitrogens is 2. The van der Waals surface area contributed by atoms with Gasteiger partial charge < -0.3 is 29.3 Å². The first-order chi connectivity index (χ1) is 17.4. The summed E-state index contributed by atoms with van der Waals surface area (Å²) < 4.78 is 22.6. The molecule has 0 aliphatic carbocycles. The molecule has 2 heterocycles. The van der Waals surface area contributed by atoms with Crippen molar-refractivity contribution in [3.63, 3.8) is 0 Å². The SMILES string of the molecule is COc1ccc(OC)c(-c2nc(COc3ccccc3-c3c(C#N)c(N)[nH]c(=O)c3C#N)c(C)o2)c1. The number of nitrogens with two attached hydrogens (primary N) is 1. The second-order valence-electron chi connectivity index (χ2n) is 7.59. The summed E-state index contributed by atoms with van der Waals surface area (Å²) in [7, 11) is 3.11. The number of nitrogens with zero attached hydrogens (tertiary/aromatic N) is 3. The minimum Gasteiger partial charge on any atom is -0.497 e. The van der Waals surface area contributed by atoms with Crippen LogP contribution in [0.3, 0.4) is 0 Å². The first-order valence-corrected chi connectivity index (χ1v) is 10.7. The molecule has 10 nitrogen and oxygen atoms in total. The van der Waals surface area contributed by atoms with Crippen molar-refractivity contribution in [2.24, 2.45) is 0 Å². The summed E-state index contributed by atoms with van der Waals surface area (Å²) in [5.41, 5.74) is 6.53. The van der Waals surface area contributed by atoms with Crippen LogP contribution < -0.4 is 25.5 Å². The number of rotatable bonds is 7. The van der Waals surface area contributed by atoms with Gasteiger partial charge in [0.1, 0.15) is 64.4 Å². The van der Waals surface area contributed by atoms with E-state index in [0.29, 0.717) is 45.7 Å². The predicted octanol–water partition coefficient (Wildman–Crippen LogP) is 3.93. The number of hydrogen-bond donors (Lipinski definition) is 2. The van der Waals surface area contributed by atoms with E-state index in [1.807, 2.05) is 12.1 Å². The smallest absolute Gasteiger partial charge is 0.268 e. The lowest BCUT2D eigenvalue weighted by Gasteiger charge is -2.14. The van der Waals surface area contributed by atoms with Crippen LogP contribution in [-0.4, -0.2) is 24.2 Å². The zero-order valence-corrected chi connectivity index (χ0v) is 19.7. The Bertz CT molecular complexity index is 1590. The van der Waals surface area contributed by atoms with Gasteiger partial charge in [0.15, 0.2) is 0 Å². The van der Waals surface area contributed by atoms with E-state index in [1.165, 1.54) is 0 Å². The molecular weight excluding hydrogens is 462 g/mol. The van der Waals surface area contributed by atoms with E-state index < -0.39 is 5.56 Å². The lowest BCUT2D eigenvalue weighted by atomic mass is 9.96. The number of aromatic amines is 1. The summed E-state index contributed by atoms with van der Waals surface area (Å²) in [6.07, 6.45) is 0. The summed E-state index contributed by atoms with van der Waals surface area (Å²) in [6.45, 7) is 1.77. The maximum Gasteiger partial charge on any atom is 0.268 e. The average Bonchev–Trinajstić information content (AvgIpc) is 3.27. The zero-order valence-electron chi connectivity index (χ0n) is 19.7. The fourth-order valence-corrected chi connectivity index (χ4v) is 3.72. The highest BCUT2D eigenvalue weighted by Gasteiger charge is 2.22. The van der Waals surface area contributed by atoms with Gasteiger partial charge in [-0.25, -0.2) is 4.98 Å². The monoisotopic (exact) mass is 483 g/mol. The van der Waals surface area contributed by atoms with Crippen LogP contribution in [-0.2, 0) is 6.61 Å². The number of methoxy groups -OCH3 is 2. The zero-order chi connectivity index (χ0) is 25.8. The number of nitriles is 2. The van der Waals surface area contributed by atoms with Gasteiger partial charge >= 0.3 is 0 Å². The molecule has 10 heteroatoms. The molecule has 0 spiro atoms. The van der Waals surface area contributed by atoms with Crippen LogP contribution in [0.15, 0.2) is 51.7 Å². The number of nitrogens with one attached hydrogen (secondary N) is 1. The van der Waals surface area contributed by atoms with Gasteiger partial charge in [0.2, 0.25) is 5.89 Å². The maximum atomic E-state index is 12.4. The van der Waals surface area contributed by atoms with Crippen molar-refractivity contribution < 1.29 is 18.6 Å². The first kappa shape index (κ1) is 23.9. The molecule has 0 unspecified atom stereocenters. The predicted molar refractivity (Wildman–Crippen MR) is 130 cm³/mol. The van der Waals surface area contributed by atoms with Gasteiger partial charge in [-0.3, -0.25) is 4.79 Å². The van der Waals surface area contributed by atoms with Gasteiger partial charge in [-0.1, -0.05) is 18.2 Å². The van der Waals surface area contributed by atoms with Gasteiger partial charge in [-0.2, -0.15) is 10.5 Å². The average molecular weight is 483 g/mol. The first-order valence-electron chi connectivity index (χ1n) is 10.7. The number of ether oxygens (including phenoxy) is 3. The number of para-hydroxylation sites is 1. The molecule has 36 heavy (non-hydrogen) atoms. The van der Waals surface area contributed by atoms with Gasteiger partial charge in [0.05, 0.1) is 19.8 Å². The molecule has 4 aromatic rings. The van der Waals surface area contributed by atoms with E-state index in [4.69, 9.17) is 24.4 Å². The molecule has 0 aliphatic heterocycles. The molecule has 0 fully saturated rings. The van der Waals surface area contributed by atoms with Crippen LogP contribution >= 0.6 is 0 Å². The summed E-state index contributed by atoms with van der Waals surface area (Å²) >= 11 is 0. The summed E-state index contributed by atoms with van der Waals surface area (Å²) in [5.74, 6) is 2.25. The van der Waals surface area contributed by atoms with Crippen molar-refractivity contribution in [2.75, 3.05) is 20.0 Å². The number of H-pyrrole nitrogens is 1. The van der Waals surface area contributed by atoms with E-state index in [1.54, 1.807) is 63.6 Å². The molecule has 0 bridgehead atoms. The van der Waals surface area contributed by atoms with Crippen LogP contribution in [0.25, 0.3) is 22.6 Å². The topological polar surface area (TPSA) is 160 Å². The summed E-state index contributed by atoms with van der Waals surface area (Å²) in [4.78, 5) is 19.3. The molecular formula is C26H21N5O5. The van der Waals surface area contributed by atoms with Crippen LogP contribution in [0.5, 0.6) is 17.2 Å². The molecule has 0 aliphatic rings. The third-order valence-corrected chi connectivity index (χ3v) is 5.52. The van der Waals surface area contributed by atoms with E-state index in [2.05, 4.69) is 9.97 Å². The number of pyridine rings is 1. The number of nitrogen functional groups attached to an aromatic ring is 1.